The van der Waals surface area contributed by atoms with Crippen LogP contribution in [0.25, 0.3) is 6.08 Å². The molecule has 0 spiro atoms. The molecule has 0 unspecified atom stereocenters. The third-order valence-electron chi connectivity index (χ3n) is 7.33. The van der Waals surface area contributed by atoms with E-state index in [9.17, 15) is 9.90 Å². The van der Waals surface area contributed by atoms with E-state index in [0.29, 0.717) is 40.5 Å². The Hall–Kier alpha value is -4.21. The number of carbonyl (C=O) groups is 1. The van der Waals surface area contributed by atoms with Crippen LogP contribution in [-0.2, 0) is 13.1 Å². The number of hydrogen-bond donors (Lipinski definition) is 1. The molecule has 39 heavy (non-hydrogen) atoms. The Bertz CT molecular complexity index is 1440. The predicted octanol–water partition coefficient (Wildman–Crippen LogP) is 4.07. The molecule has 3 aromatic rings. The molecule has 0 atom stereocenters. The van der Waals surface area contributed by atoms with Crippen LogP contribution in [0.3, 0.4) is 0 Å². The van der Waals surface area contributed by atoms with Crippen LogP contribution in [0.1, 0.15) is 27.0 Å². The first kappa shape index (κ1) is 25.1. The normalized spacial score (nSPS) is 17.8. The van der Waals surface area contributed by atoms with Gasteiger partial charge < -0.3 is 28.8 Å². The minimum atomic E-state index is -0.224. The minimum absolute atomic E-state index is 0.118. The highest BCUT2D eigenvalue weighted by Gasteiger charge is 2.32. The summed E-state index contributed by atoms with van der Waals surface area (Å²) in [5, 5.41) is 10.7. The SMILES string of the molecule is COc1ccc(/C=C2\Oc3c(ccc(O)c3CN3CCN(Cc4ccc5c(c4)OCO5)CC3)C2=O)c(OC)c1. The summed E-state index contributed by atoms with van der Waals surface area (Å²) in [7, 11) is 3.15. The average Bonchev–Trinajstić information content (AvgIpc) is 3.55. The number of benzene rings is 3. The van der Waals surface area contributed by atoms with Crippen LogP contribution in [-0.4, -0.2) is 67.9 Å². The molecule has 3 heterocycles. The van der Waals surface area contributed by atoms with Gasteiger partial charge in [0.25, 0.3) is 0 Å². The number of carbonyl (C=O) groups excluding carboxylic acids is 1. The van der Waals surface area contributed by atoms with Gasteiger partial charge in [0, 0.05) is 50.9 Å². The number of phenolic OH excluding ortho intramolecular Hbond substituents is 1. The van der Waals surface area contributed by atoms with Gasteiger partial charge in [-0.3, -0.25) is 14.6 Å². The number of allylic oxidation sites excluding steroid dienone is 1. The van der Waals surface area contributed by atoms with Gasteiger partial charge in [-0.05, 0) is 48.0 Å². The molecular formula is C30H30N2O7. The zero-order chi connectivity index (χ0) is 26.9. The van der Waals surface area contributed by atoms with Crippen molar-refractivity contribution in [3.05, 3.63) is 76.5 Å². The Balaban J connectivity index is 1.14. The molecule has 3 aromatic carbocycles. The average molecular weight is 531 g/mol. The number of fused-ring (bicyclic) bond motifs is 2. The number of rotatable bonds is 7. The molecule has 0 amide bonds. The molecule has 6 rings (SSSR count). The van der Waals surface area contributed by atoms with Gasteiger partial charge in [0.2, 0.25) is 12.6 Å². The number of aromatic hydroxyl groups is 1. The summed E-state index contributed by atoms with van der Waals surface area (Å²) in [6.07, 6.45) is 1.66. The lowest BCUT2D eigenvalue weighted by molar-refractivity contribution is 0.101. The lowest BCUT2D eigenvalue weighted by atomic mass is 10.0. The van der Waals surface area contributed by atoms with Crippen molar-refractivity contribution in [3.63, 3.8) is 0 Å². The fourth-order valence-electron chi connectivity index (χ4n) is 5.16. The van der Waals surface area contributed by atoms with E-state index in [2.05, 4.69) is 15.9 Å². The quantitative estimate of drug-likeness (QED) is 0.454. The molecule has 3 aliphatic heterocycles. The second kappa shape index (κ2) is 10.5. The van der Waals surface area contributed by atoms with Crippen molar-refractivity contribution < 1.29 is 33.6 Å². The van der Waals surface area contributed by atoms with Crippen LogP contribution in [0, 0.1) is 0 Å². The Kier molecular flexibility index (Phi) is 6.76. The van der Waals surface area contributed by atoms with Crippen molar-refractivity contribution in [2.75, 3.05) is 47.2 Å². The number of nitrogens with zero attached hydrogens (tertiary/aromatic N) is 2. The number of ketones is 1. The molecule has 3 aliphatic rings. The number of Topliss-reactive ketones (excluding diaryl/α,β-unsaturated/α-hetero) is 1. The van der Waals surface area contributed by atoms with E-state index >= 15 is 0 Å². The lowest BCUT2D eigenvalue weighted by Gasteiger charge is -2.35. The van der Waals surface area contributed by atoms with Crippen LogP contribution in [0.2, 0.25) is 0 Å². The molecule has 9 nitrogen and oxygen atoms in total. The van der Waals surface area contributed by atoms with E-state index in [-0.39, 0.29) is 24.1 Å². The summed E-state index contributed by atoms with van der Waals surface area (Å²) in [4.78, 5) is 17.9. The van der Waals surface area contributed by atoms with Crippen molar-refractivity contribution in [3.8, 4) is 34.5 Å². The van der Waals surface area contributed by atoms with Crippen LogP contribution >= 0.6 is 0 Å². The molecular weight excluding hydrogens is 500 g/mol. The molecule has 0 radical (unpaired) electrons. The van der Waals surface area contributed by atoms with Crippen molar-refractivity contribution in [2.45, 2.75) is 13.1 Å². The molecule has 0 saturated carbocycles. The second-order valence-corrected chi connectivity index (χ2v) is 9.73. The van der Waals surface area contributed by atoms with Crippen LogP contribution in [0.15, 0.2) is 54.3 Å². The zero-order valence-corrected chi connectivity index (χ0v) is 21.9. The molecule has 1 fully saturated rings. The monoisotopic (exact) mass is 530 g/mol. The standard InChI is InChI=1S/C30H30N2O7/c1-35-21-5-4-20(26(15-21)36-2)14-28-29(34)22-6-7-24(33)23(30(22)39-28)17-32-11-9-31(10-12-32)16-19-3-8-25-27(13-19)38-18-37-25/h3-8,13-15,33H,9-12,16-18H2,1-2H3/b28-14-. The molecule has 0 bridgehead atoms. The number of piperazine rings is 1. The zero-order valence-electron chi connectivity index (χ0n) is 21.9. The predicted molar refractivity (Wildman–Crippen MR) is 144 cm³/mol. The van der Waals surface area contributed by atoms with Crippen molar-refractivity contribution in [1.82, 2.24) is 9.80 Å². The Morgan fingerprint density at radius 2 is 1.67 bits per heavy atom. The Morgan fingerprint density at radius 1 is 0.897 bits per heavy atom. The summed E-state index contributed by atoms with van der Waals surface area (Å²) >= 11 is 0. The molecule has 202 valence electrons. The smallest absolute Gasteiger partial charge is 0.231 e. The number of ether oxygens (including phenoxy) is 5. The summed E-state index contributed by atoms with van der Waals surface area (Å²) in [6.45, 7) is 5.01. The Morgan fingerprint density at radius 3 is 2.44 bits per heavy atom. The first-order chi connectivity index (χ1) is 19.0. The van der Waals surface area contributed by atoms with Gasteiger partial charge in [0.1, 0.15) is 23.0 Å². The highest BCUT2D eigenvalue weighted by Crippen LogP contribution is 2.41. The molecule has 1 saturated heterocycles. The van der Waals surface area contributed by atoms with Gasteiger partial charge in [0.15, 0.2) is 17.3 Å². The van der Waals surface area contributed by atoms with Crippen molar-refractivity contribution >= 4 is 11.9 Å². The van der Waals surface area contributed by atoms with E-state index in [1.165, 1.54) is 5.56 Å². The maximum absolute atomic E-state index is 13.2. The lowest BCUT2D eigenvalue weighted by Crippen LogP contribution is -2.45. The van der Waals surface area contributed by atoms with Gasteiger partial charge in [-0.25, -0.2) is 0 Å². The fraction of sp³-hybridized carbons (Fsp3) is 0.300. The van der Waals surface area contributed by atoms with Crippen molar-refractivity contribution in [2.24, 2.45) is 0 Å². The summed E-state index contributed by atoms with van der Waals surface area (Å²) in [5.74, 6) is 3.31. The highest BCUT2D eigenvalue weighted by atomic mass is 16.7. The van der Waals surface area contributed by atoms with E-state index < -0.39 is 0 Å². The Labute approximate surface area is 226 Å². The summed E-state index contributed by atoms with van der Waals surface area (Å²) in [6, 6.07) is 14.6. The minimum Gasteiger partial charge on any atom is -0.507 e. The molecule has 9 heteroatoms. The van der Waals surface area contributed by atoms with Crippen molar-refractivity contribution in [1.29, 1.82) is 0 Å². The number of hydrogen-bond acceptors (Lipinski definition) is 9. The third kappa shape index (κ3) is 4.98. The fourth-order valence-corrected chi connectivity index (χ4v) is 5.16. The van der Waals surface area contributed by atoms with Crippen LogP contribution in [0.4, 0.5) is 0 Å². The van der Waals surface area contributed by atoms with Gasteiger partial charge in [-0.15, -0.1) is 0 Å². The number of phenols is 1. The van der Waals surface area contributed by atoms with E-state index in [0.717, 1.165) is 44.2 Å². The third-order valence-corrected chi connectivity index (χ3v) is 7.33. The molecule has 0 aliphatic carbocycles. The van der Waals surface area contributed by atoms with Gasteiger partial charge in [-0.1, -0.05) is 6.07 Å². The molecule has 1 N–H and O–H groups in total. The first-order valence-electron chi connectivity index (χ1n) is 12.9. The van der Waals surface area contributed by atoms with E-state index in [1.807, 2.05) is 18.2 Å². The van der Waals surface area contributed by atoms with Gasteiger partial charge in [0.05, 0.1) is 25.3 Å². The maximum atomic E-state index is 13.2. The van der Waals surface area contributed by atoms with E-state index in [4.69, 9.17) is 23.7 Å². The summed E-state index contributed by atoms with van der Waals surface area (Å²) < 4.78 is 27.7. The summed E-state index contributed by atoms with van der Waals surface area (Å²) in [5.41, 5.74) is 2.95. The van der Waals surface area contributed by atoms with Gasteiger partial charge in [-0.2, -0.15) is 0 Å². The molecule has 0 aromatic heterocycles. The second-order valence-electron chi connectivity index (χ2n) is 9.73. The topological polar surface area (TPSA) is 89.9 Å². The van der Waals surface area contributed by atoms with Crippen LogP contribution in [0.5, 0.6) is 34.5 Å². The largest absolute Gasteiger partial charge is 0.507 e. The highest BCUT2D eigenvalue weighted by molar-refractivity contribution is 6.15. The maximum Gasteiger partial charge on any atom is 0.231 e. The number of methoxy groups -OCH3 is 2. The van der Waals surface area contributed by atoms with Crippen LogP contribution < -0.4 is 23.7 Å². The van der Waals surface area contributed by atoms with E-state index in [1.54, 1.807) is 44.6 Å². The van der Waals surface area contributed by atoms with Gasteiger partial charge >= 0.3 is 0 Å². The first-order valence-corrected chi connectivity index (χ1v) is 12.9.